The molecule has 148 valence electrons. The number of hydrogen-bond donors (Lipinski definition) is 3. The molecule has 3 N–H and O–H groups in total. The summed E-state index contributed by atoms with van der Waals surface area (Å²) in [7, 11) is 0. The lowest BCUT2D eigenvalue weighted by Gasteiger charge is -2.18. The molecule has 0 aliphatic rings. The molecule has 8 nitrogen and oxygen atoms in total. The normalized spacial score (nSPS) is 12.0. The van der Waals surface area contributed by atoms with Crippen molar-refractivity contribution in [3.8, 4) is 11.5 Å². The van der Waals surface area contributed by atoms with Gasteiger partial charge in [0.05, 0.1) is 29.3 Å². The van der Waals surface area contributed by atoms with Gasteiger partial charge < -0.3 is 19.1 Å². The van der Waals surface area contributed by atoms with E-state index in [2.05, 4.69) is 21.9 Å². The minimum absolute atomic E-state index is 0.299. The first-order valence-electron chi connectivity index (χ1n) is 8.93. The van der Waals surface area contributed by atoms with Crippen molar-refractivity contribution in [3.05, 3.63) is 79.7 Å². The Morgan fingerprint density at radius 1 is 1.11 bits per heavy atom. The summed E-state index contributed by atoms with van der Waals surface area (Å²) in [5, 5.41) is 7.99. The number of aromatic amines is 3. The lowest BCUT2D eigenvalue weighted by molar-refractivity contribution is 0.296. The fourth-order valence-electron chi connectivity index (χ4n) is 3.24. The van der Waals surface area contributed by atoms with Crippen LogP contribution in [-0.4, -0.2) is 28.6 Å². The molecule has 0 radical (unpaired) electrons. The monoisotopic (exact) mass is 385 g/mol. The van der Waals surface area contributed by atoms with E-state index in [0.29, 0.717) is 52.8 Å². The molecular formula is C20H23N3O5. The van der Waals surface area contributed by atoms with Crippen LogP contribution in [0, 0.1) is 13.8 Å². The Morgan fingerprint density at radius 2 is 1.89 bits per heavy atom. The Kier molecular flexibility index (Phi) is 5.58. The standard InChI is InChI=1S/C20H23N3O5/c1-5-9-27-14-8-7-13(10-15(14)26-6-2)18(16-11(3)21-22-19(16)24)17-12(4)23-28-20(17)25/h5,7-8,10,18,23H,1,6,9H2,2-4H3,(H2,21,22,24). The number of nitrogens with one attached hydrogen (secondary N) is 3. The molecule has 3 aromatic rings. The van der Waals surface area contributed by atoms with Crippen molar-refractivity contribution in [3.63, 3.8) is 0 Å². The third kappa shape index (κ3) is 3.53. The van der Waals surface area contributed by atoms with Crippen LogP contribution < -0.4 is 20.7 Å². The van der Waals surface area contributed by atoms with Crippen molar-refractivity contribution < 1.29 is 14.0 Å². The molecule has 8 heteroatoms. The second-order valence-electron chi connectivity index (χ2n) is 6.32. The quantitative estimate of drug-likeness (QED) is 0.516. The maximum atomic E-state index is 12.5. The zero-order valence-electron chi connectivity index (χ0n) is 16.0. The number of H-pyrrole nitrogens is 3. The Morgan fingerprint density at radius 3 is 2.46 bits per heavy atom. The van der Waals surface area contributed by atoms with Gasteiger partial charge >= 0.3 is 5.63 Å². The van der Waals surface area contributed by atoms with Gasteiger partial charge in [-0.2, -0.15) is 0 Å². The van der Waals surface area contributed by atoms with Crippen LogP contribution in [-0.2, 0) is 0 Å². The molecule has 1 unspecified atom stereocenters. The van der Waals surface area contributed by atoms with E-state index in [9.17, 15) is 9.59 Å². The van der Waals surface area contributed by atoms with Crippen LogP contribution in [0.1, 0.15) is 40.9 Å². The fourth-order valence-corrected chi connectivity index (χ4v) is 3.24. The van der Waals surface area contributed by atoms with Gasteiger partial charge in [-0.25, -0.2) is 9.95 Å². The van der Waals surface area contributed by atoms with Crippen LogP contribution in [0.15, 0.2) is 45.0 Å². The fraction of sp³-hybridized carbons (Fsp3) is 0.300. The van der Waals surface area contributed by atoms with E-state index in [-0.39, 0.29) is 5.56 Å². The van der Waals surface area contributed by atoms with Gasteiger partial charge in [-0.1, -0.05) is 18.7 Å². The molecular weight excluding hydrogens is 362 g/mol. The molecule has 0 saturated carbocycles. The number of hydrogen-bond acceptors (Lipinski definition) is 5. The average Bonchev–Trinajstić information content (AvgIpc) is 3.18. The number of aromatic nitrogens is 3. The highest BCUT2D eigenvalue weighted by Crippen LogP contribution is 2.37. The van der Waals surface area contributed by atoms with Crippen LogP contribution in [0.3, 0.4) is 0 Å². The number of aryl methyl sites for hydroxylation is 2. The zero-order valence-corrected chi connectivity index (χ0v) is 16.0. The van der Waals surface area contributed by atoms with Crippen molar-refractivity contribution in [2.45, 2.75) is 26.7 Å². The van der Waals surface area contributed by atoms with E-state index in [1.807, 2.05) is 13.0 Å². The second-order valence-corrected chi connectivity index (χ2v) is 6.32. The third-order valence-corrected chi connectivity index (χ3v) is 4.47. The molecule has 0 amide bonds. The number of rotatable bonds is 8. The van der Waals surface area contributed by atoms with E-state index >= 15 is 0 Å². The molecule has 28 heavy (non-hydrogen) atoms. The summed E-state index contributed by atoms with van der Waals surface area (Å²) >= 11 is 0. The van der Waals surface area contributed by atoms with Gasteiger partial charge in [0.25, 0.3) is 5.56 Å². The topological polar surface area (TPSA) is 113 Å². The first-order valence-corrected chi connectivity index (χ1v) is 8.93. The van der Waals surface area contributed by atoms with Crippen molar-refractivity contribution in [1.82, 2.24) is 15.4 Å². The average molecular weight is 385 g/mol. The number of benzene rings is 1. The molecule has 1 aromatic carbocycles. The van der Waals surface area contributed by atoms with E-state index in [0.717, 1.165) is 0 Å². The van der Waals surface area contributed by atoms with Gasteiger partial charge in [0.1, 0.15) is 6.61 Å². The molecule has 0 aliphatic heterocycles. The first-order chi connectivity index (χ1) is 13.5. The lowest BCUT2D eigenvalue weighted by atomic mass is 9.85. The van der Waals surface area contributed by atoms with Gasteiger partial charge in [0.15, 0.2) is 11.5 Å². The van der Waals surface area contributed by atoms with Crippen LogP contribution in [0.4, 0.5) is 0 Å². The molecule has 1 atom stereocenters. The van der Waals surface area contributed by atoms with Crippen molar-refractivity contribution >= 4 is 0 Å². The lowest BCUT2D eigenvalue weighted by Crippen LogP contribution is -2.19. The van der Waals surface area contributed by atoms with E-state index in [1.54, 1.807) is 32.1 Å². The van der Waals surface area contributed by atoms with Crippen LogP contribution in [0.2, 0.25) is 0 Å². The Labute approximate surface area is 161 Å². The highest BCUT2D eigenvalue weighted by molar-refractivity contribution is 5.50. The van der Waals surface area contributed by atoms with E-state index in [1.165, 1.54) is 0 Å². The summed E-state index contributed by atoms with van der Waals surface area (Å²) in [6.45, 7) is 9.79. The first kappa shape index (κ1) is 19.3. The van der Waals surface area contributed by atoms with Gasteiger partial charge in [0.2, 0.25) is 0 Å². The molecule has 2 heterocycles. The van der Waals surface area contributed by atoms with Crippen molar-refractivity contribution in [2.24, 2.45) is 0 Å². The maximum Gasteiger partial charge on any atom is 0.361 e. The minimum atomic E-state index is -0.634. The second kappa shape index (κ2) is 8.08. The summed E-state index contributed by atoms with van der Waals surface area (Å²) in [4.78, 5) is 24.9. The van der Waals surface area contributed by atoms with Crippen molar-refractivity contribution in [2.75, 3.05) is 13.2 Å². The smallest absolute Gasteiger partial charge is 0.361 e. The maximum absolute atomic E-state index is 12.5. The Hall–Kier alpha value is -3.42. The predicted octanol–water partition coefficient (Wildman–Crippen LogP) is 2.74. The summed E-state index contributed by atoms with van der Waals surface area (Å²) in [5.41, 5.74) is 1.89. The van der Waals surface area contributed by atoms with Gasteiger partial charge in [-0.05, 0) is 38.5 Å². The van der Waals surface area contributed by atoms with Gasteiger partial charge in [-0.15, -0.1) is 0 Å². The third-order valence-electron chi connectivity index (χ3n) is 4.47. The van der Waals surface area contributed by atoms with Crippen LogP contribution >= 0.6 is 0 Å². The van der Waals surface area contributed by atoms with E-state index in [4.69, 9.17) is 14.0 Å². The molecule has 3 rings (SSSR count). The molecule has 2 aromatic heterocycles. The summed E-state index contributed by atoms with van der Waals surface area (Å²) < 4.78 is 16.3. The highest BCUT2D eigenvalue weighted by Gasteiger charge is 2.29. The molecule has 0 bridgehead atoms. The predicted molar refractivity (Wildman–Crippen MR) is 104 cm³/mol. The Balaban J connectivity index is 2.21. The van der Waals surface area contributed by atoms with Crippen molar-refractivity contribution in [1.29, 1.82) is 0 Å². The summed E-state index contributed by atoms with van der Waals surface area (Å²) in [5.74, 6) is 0.445. The minimum Gasteiger partial charge on any atom is -0.490 e. The van der Waals surface area contributed by atoms with E-state index < -0.39 is 11.5 Å². The van der Waals surface area contributed by atoms with Gasteiger partial charge in [-0.3, -0.25) is 9.89 Å². The molecule has 0 saturated heterocycles. The van der Waals surface area contributed by atoms with Crippen LogP contribution in [0.25, 0.3) is 0 Å². The largest absolute Gasteiger partial charge is 0.490 e. The van der Waals surface area contributed by atoms with Crippen LogP contribution in [0.5, 0.6) is 11.5 Å². The molecule has 0 aliphatic carbocycles. The van der Waals surface area contributed by atoms with Gasteiger partial charge in [0, 0.05) is 5.69 Å². The zero-order chi connectivity index (χ0) is 20.3. The summed E-state index contributed by atoms with van der Waals surface area (Å²) in [6, 6.07) is 5.35. The highest BCUT2D eigenvalue weighted by atomic mass is 16.5. The summed E-state index contributed by atoms with van der Waals surface area (Å²) in [6.07, 6.45) is 1.64. The molecule has 0 fully saturated rings. The molecule has 0 spiro atoms. The Bertz CT molecular complexity index is 1030. The SMILES string of the molecule is C=CCOc1ccc(C(c2c(C)[nH][nH]c2=O)c2c(C)[nH]oc2=O)cc1OCC. The number of ether oxygens (including phenoxy) is 2.